The van der Waals surface area contributed by atoms with Crippen molar-refractivity contribution in [1.82, 2.24) is 0 Å². The average Bonchev–Trinajstić information content (AvgIpc) is 3.02. The van der Waals surface area contributed by atoms with Gasteiger partial charge in [-0.25, -0.2) is 0 Å². The van der Waals surface area contributed by atoms with Crippen LogP contribution in [0.3, 0.4) is 0 Å². The van der Waals surface area contributed by atoms with Crippen molar-refractivity contribution < 1.29 is 14.8 Å². The van der Waals surface area contributed by atoms with Crippen molar-refractivity contribution >= 4 is 10.8 Å². The Bertz CT molecular complexity index is 591. The highest BCUT2D eigenvalue weighted by atomic mass is 16.5. The Morgan fingerprint density at radius 3 is 2.95 bits per heavy atom. The summed E-state index contributed by atoms with van der Waals surface area (Å²) in [6.45, 7) is 5.65. The summed E-state index contributed by atoms with van der Waals surface area (Å²) in [5.41, 5.74) is 1.30. The van der Waals surface area contributed by atoms with Gasteiger partial charge in [0.2, 0.25) is 0 Å². The first-order valence-electron chi connectivity index (χ1n) is 7.95. The highest BCUT2D eigenvalue weighted by molar-refractivity contribution is 5.87. The monoisotopic (exact) mass is 286 g/mol. The molecule has 1 aliphatic rings. The minimum atomic E-state index is 0.426. The van der Waals surface area contributed by atoms with Gasteiger partial charge in [-0.05, 0) is 36.6 Å². The first-order valence-corrected chi connectivity index (χ1v) is 7.95. The minimum Gasteiger partial charge on any atom is -0.493 e. The molecule has 0 spiro atoms. The summed E-state index contributed by atoms with van der Waals surface area (Å²) < 4.78 is 11.5. The molecular weight excluding hydrogens is 262 g/mol. The first-order chi connectivity index (χ1) is 10.4. The van der Waals surface area contributed by atoms with Gasteiger partial charge in [0.05, 0.1) is 12.2 Å². The zero-order chi connectivity index (χ0) is 14.5. The van der Waals surface area contributed by atoms with Gasteiger partial charge in [-0.15, -0.1) is 0 Å². The van der Waals surface area contributed by atoms with Gasteiger partial charge in [0.15, 0.2) is 0 Å². The number of benzene rings is 2. The molecule has 1 atom stereocenters. The van der Waals surface area contributed by atoms with Crippen molar-refractivity contribution in [2.24, 2.45) is 0 Å². The molecule has 0 bridgehead atoms. The molecule has 1 fully saturated rings. The molecule has 112 valence electrons. The van der Waals surface area contributed by atoms with Gasteiger partial charge >= 0.3 is 0 Å². The van der Waals surface area contributed by atoms with Crippen LogP contribution in [0, 0.1) is 0 Å². The molecule has 3 nitrogen and oxygen atoms in total. The maximum absolute atomic E-state index is 5.82. The highest BCUT2D eigenvalue weighted by Gasteiger charge is 2.18. The molecule has 1 heterocycles. The Balaban J connectivity index is 1.78. The maximum Gasteiger partial charge on any atom is 0.128 e. The van der Waals surface area contributed by atoms with E-state index >= 15 is 0 Å². The molecule has 2 aromatic carbocycles. The van der Waals surface area contributed by atoms with Crippen LogP contribution in [0.25, 0.3) is 10.8 Å². The molecule has 21 heavy (non-hydrogen) atoms. The molecule has 0 unspecified atom stereocenters. The molecule has 0 amide bonds. The van der Waals surface area contributed by atoms with Crippen LogP contribution in [-0.4, -0.2) is 25.9 Å². The smallest absolute Gasteiger partial charge is 0.128 e. The average molecular weight is 286 g/mol. The number of nitrogens with two attached hydrogens (primary N) is 1. The van der Waals surface area contributed by atoms with Crippen LogP contribution >= 0.6 is 0 Å². The first kappa shape index (κ1) is 14.4. The Hall–Kier alpha value is -1.58. The zero-order valence-electron chi connectivity index (χ0n) is 12.7. The van der Waals surface area contributed by atoms with Crippen molar-refractivity contribution in [1.29, 1.82) is 0 Å². The Morgan fingerprint density at radius 2 is 2.14 bits per heavy atom. The van der Waals surface area contributed by atoms with Gasteiger partial charge in [0.1, 0.15) is 24.9 Å². The third-order valence-corrected chi connectivity index (χ3v) is 4.10. The van der Waals surface area contributed by atoms with Gasteiger partial charge in [-0.1, -0.05) is 30.3 Å². The van der Waals surface area contributed by atoms with Gasteiger partial charge < -0.3 is 14.8 Å². The summed E-state index contributed by atoms with van der Waals surface area (Å²) in [5, 5.41) is 4.92. The molecule has 1 aliphatic heterocycles. The highest BCUT2D eigenvalue weighted by Crippen LogP contribution is 2.27. The second kappa shape index (κ2) is 6.92. The molecule has 0 saturated carbocycles. The van der Waals surface area contributed by atoms with Gasteiger partial charge in [0, 0.05) is 6.61 Å². The quantitative estimate of drug-likeness (QED) is 0.885. The van der Waals surface area contributed by atoms with Crippen LogP contribution < -0.4 is 10.1 Å². The van der Waals surface area contributed by atoms with Gasteiger partial charge in [-0.2, -0.15) is 0 Å². The molecule has 0 radical (unpaired) electrons. The van der Waals surface area contributed by atoms with Crippen LogP contribution in [0.1, 0.15) is 25.3 Å². The molecule has 2 N–H and O–H groups in total. The largest absolute Gasteiger partial charge is 0.493 e. The van der Waals surface area contributed by atoms with Crippen molar-refractivity contribution in [2.75, 3.05) is 19.8 Å². The van der Waals surface area contributed by atoms with Crippen LogP contribution in [0.2, 0.25) is 0 Å². The van der Waals surface area contributed by atoms with E-state index in [1.165, 1.54) is 29.2 Å². The number of hydrogen-bond donors (Lipinski definition) is 1. The van der Waals surface area contributed by atoms with Crippen LogP contribution in [0.15, 0.2) is 36.4 Å². The Labute approximate surface area is 126 Å². The molecular formula is C18H24NO2+. The SMILES string of the molecule is CCOc1ccc2ccccc2c1C[NH2+]C[C@H]1CCCO1. The second-order valence-corrected chi connectivity index (χ2v) is 5.56. The molecule has 2 aromatic rings. The lowest BCUT2D eigenvalue weighted by atomic mass is 10.0. The summed E-state index contributed by atoms with van der Waals surface area (Å²) >= 11 is 0. The van der Waals surface area contributed by atoms with Crippen molar-refractivity contribution in [3.63, 3.8) is 0 Å². The lowest BCUT2D eigenvalue weighted by molar-refractivity contribution is -0.676. The lowest BCUT2D eigenvalue weighted by Crippen LogP contribution is -2.84. The lowest BCUT2D eigenvalue weighted by Gasteiger charge is -2.14. The topological polar surface area (TPSA) is 35.1 Å². The molecule has 1 saturated heterocycles. The van der Waals surface area contributed by atoms with Crippen molar-refractivity contribution in [2.45, 2.75) is 32.4 Å². The standard InChI is InChI=1S/C18H23NO2/c1-2-20-18-10-9-14-6-3-4-8-16(14)17(18)13-19-12-15-7-5-11-21-15/h3-4,6,8-10,15,19H,2,5,7,11-13H2,1H3/p+1/t15-/m1/s1. The number of quaternary nitrogens is 1. The van der Waals surface area contributed by atoms with E-state index < -0.39 is 0 Å². The van der Waals surface area contributed by atoms with E-state index in [0.717, 1.165) is 25.4 Å². The fourth-order valence-corrected chi connectivity index (χ4v) is 3.06. The van der Waals surface area contributed by atoms with E-state index in [1.807, 2.05) is 6.92 Å². The second-order valence-electron chi connectivity index (χ2n) is 5.56. The Morgan fingerprint density at radius 1 is 1.24 bits per heavy atom. The summed E-state index contributed by atoms with van der Waals surface area (Å²) in [7, 11) is 0. The van der Waals surface area contributed by atoms with E-state index in [9.17, 15) is 0 Å². The van der Waals surface area contributed by atoms with Crippen LogP contribution in [0.4, 0.5) is 0 Å². The van der Waals surface area contributed by atoms with Crippen molar-refractivity contribution in [3.8, 4) is 5.75 Å². The normalized spacial score (nSPS) is 18.2. The molecule has 3 rings (SSSR count). The Kier molecular flexibility index (Phi) is 4.73. The molecule has 0 aliphatic carbocycles. The van der Waals surface area contributed by atoms with Crippen molar-refractivity contribution in [3.05, 3.63) is 42.0 Å². The fourth-order valence-electron chi connectivity index (χ4n) is 3.06. The molecule has 3 heteroatoms. The van der Waals surface area contributed by atoms with E-state index in [-0.39, 0.29) is 0 Å². The summed E-state index contributed by atoms with van der Waals surface area (Å²) in [5.74, 6) is 1.01. The third kappa shape index (κ3) is 3.36. The van der Waals surface area contributed by atoms with Gasteiger partial charge in [0.25, 0.3) is 0 Å². The van der Waals surface area contributed by atoms with Crippen LogP contribution in [0.5, 0.6) is 5.75 Å². The predicted octanol–water partition coefficient (Wildman–Crippen LogP) is 2.48. The summed E-state index contributed by atoms with van der Waals surface area (Å²) in [4.78, 5) is 0. The van der Waals surface area contributed by atoms with Crippen LogP contribution in [-0.2, 0) is 11.3 Å². The summed E-state index contributed by atoms with van der Waals surface area (Å²) in [6.07, 6.45) is 2.83. The van der Waals surface area contributed by atoms with E-state index in [2.05, 4.69) is 41.7 Å². The fraction of sp³-hybridized carbons (Fsp3) is 0.444. The van der Waals surface area contributed by atoms with Gasteiger partial charge in [-0.3, -0.25) is 0 Å². The van der Waals surface area contributed by atoms with E-state index in [4.69, 9.17) is 9.47 Å². The number of rotatable bonds is 6. The number of ether oxygens (including phenoxy) is 2. The maximum atomic E-state index is 5.82. The number of fused-ring (bicyclic) bond motifs is 1. The molecule has 0 aromatic heterocycles. The minimum absolute atomic E-state index is 0.426. The third-order valence-electron chi connectivity index (χ3n) is 4.10. The van der Waals surface area contributed by atoms with E-state index in [0.29, 0.717) is 12.7 Å². The van der Waals surface area contributed by atoms with E-state index in [1.54, 1.807) is 0 Å². The zero-order valence-corrected chi connectivity index (χ0v) is 12.7. The number of hydrogen-bond acceptors (Lipinski definition) is 2. The predicted molar refractivity (Wildman–Crippen MR) is 84.6 cm³/mol. The summed E-state index contributed by atoms with van der Waals surface area (Å²) in [6, 6.07) is 12.8.